The molecule has 0 bridgehead atoms. The third kappa shape index (κ3) is 7.95. The highest BCUT2D eigenvalue weighted by Gasteiger charge is 2.32. The Morgan fingerprint density at radius 3 is 2.53 bits per heavy atom. The van der Waals surface area contributed by atoms with Crippen LogP contribution in [-0.2, 0) is 33.5 Å². The first-order valence-corrected chi connectivity index (χ1v) is 16.9. The van der Waals surface area contributed by atoms with Crippen molar-refractivity contribution < 1.29 is 37.4 Å². The number of carbonyl (C=O) groups excluding carboxylic acids is 3. The molecule has 0 unspecified atom stereocenters. The Bertz CT molecular complexity index is 2180. The summed E-state index contributed by atoms with van der Waals surface area (Å²) in [6.07, 6.45) is -0.944. The van der Waals surface area contributed by atoms with Crippen LogP contribution in [0.4, 0.5) is 24.5 Å². The zero-order chi connectivity index (χ0) is 38.0. The number of halogens is 4. The molecule has 16 nitrogen and oxygen atoms in total. The zero-order valence-corrected chi connectivity index (χ0v) is 29.3. The van der Waals surface area contributed by atoms with E-state index in [0.29, 0.717) is 25.3 Å². The van der Waals surface area contributed by atoms with E-state index in [1.165, 1.54) is 9.47 Å². The summed E-state index contributed by atoms with van der Waals surface area (Å²) in [6, 6.07) is 2.60. The standard InChI is InChI=1S/C33H34ClF3N10O6/c1-3-23-28(45-10-8-44(9-11-45)26(50)16-39-30(51)27-24(48)15-38-18(2)40-27)31(52)47-32(42-29(43-47)19-6-12-53-13-7-19)46(23)17-25(49)41-22-5-4-20(14-21(22)34)33(35,36)37/h4-6,14-15,48H,3,7-13,16-17H2,1-2H3,(H,39,51)(H,41,49). The van der Waals surface area contributed by atoms with Crippen molar-refractivity contribution in [3.63, 3.8) is 0 Å². The Hall–Kier alpha value is -5.56. The fourth-order valence-corrected chi connectivity index (χ4v) is 6.31. The molecule has 20 heteroatoms. The molecule has 0 spiro atoms. The van der Waals surface area contributed by atoms with Gasteiger partial charge in [-0.2, -0.15) is 22.7 Å². The molecule has 280 valence electrons. The monoisotopic (exact) mass is 758 g/mol. The second-order valence-electron chi connectivity index (χ2n) is 12.2. The smallest absolute Gasteiger partial charge is 0.416 e. The first kappa shape index (κ1) is 37.2. The molecule has 5 heterocycles. The number of carbonyl (C=O) groups is 3. The molecular formula is C33H34ClF3N10O6. The van der Waals surface area contributed by atoms with Crippen LogP contribution >= 0.6 is 11.6 Å². The first-order chi connectivity index (χ1) is 25.2. The second kappa shape index (κ2) is 15.2. The zero-order valence-electron chi connectivity index (χ0n) is 28.5. The number of ether oxygens (including phenoxy) is 1. The molecule has 1 saturated heterocycles. The van der Waals surface area contributed by atoms with Gasteiger partial charge in [-0.1, -0.05) is 24.6 Å². The molecule has 53 heavy (non-hydrogen) atoms. The summed E-state index contributed by atoms with van der Waals surface area (Å²) in [5, 5.41) is 19.2. The van der Waals surface area contributed by atoms with Crippen molar-refractivity contribution in [3.8, 4) is 5.75 Å². The summed E-state index contributed by atoms with van der Waals surface area (Å²) < 4.78 is 47.7. The number of hydrogen-bond acceptors (Lipinski definition) is 11. The normalized spacial score (nSPS) is 15.0. The minimum absolute atomic E-state index is 0.0320. The number of anilines is 2. The Balaban J connectivity index is 1.25. The number of hydrogen-bond donors (Lipinski definition) is 3. The van der Waals surface area contributed by atoms with E-state index in [-0.39, 0.29) is 78.7 Å². The molecule has 0 radical (unpaired) electrons. The average Bonchev–Trinajstić information content (AvgIpc) is 3.59. The Labute approximate surface area is 304 Å². The molecule has 4 aromatic rings. The molecule has 3 amide bonds. The quantitative estimate of drug-likeness (QED) is 0.228. The highest BCUT2D eigenvalue weighted by atomic mass is 35.5. The topological polar surface area (TPSA) is 189 Å². The predicted molar refractivity (Wildman–Crippen MR) is 185 cm³/mol. The van der Waals surface area contributed by atoms with Crippen LogP contribution < -0.4 is 21.1 Å². The summed E-state index contributed by atoms with van der Waals surface area (Å²) in [4.78, 5) is 68.9. The lowest BCUT2D eigenvalue weighted by molar-refractivity contribution is -0.137. The van der Waals surface area contributed by atoms with Crippen LogP contribution in [0.2, 0.25) is 5.02 Å². The van der Waals surface area contributed by atoms with Crippen LogP contribution in [0.25, 0.3) is 11.4 Å². The highest BCUT2D eigenvalue weighted by molar-refractivity contribution is 6.33. The minimum atomic E-state index is -4.62. The first-order valence-electron chi connectivity index (χ1n) is 16.5. The number of aromatic nitrogens is 6. The van der Waals surface area contributed by atoms with E-state index < -0.39 is 47.3 Å². The molecule has 1 aromatic carbocycles. The maximum absolute atomic E-state index is 14.2. The molecule has 2 aliphatic heterocycles. The number of alkyl halides is 3. The van der Waals surface area contributed by atoms with Crippen molar-refractivity contribution in [2.45, 2.75) is 39.4 Å². The Morgan fingerprint density at radius 1 is 1.11 bits per heavy atom. The molecule has 0 atom stereocenters. The molecular weight excluding hydrogens is 725 g/mol. The molecule has 3 aromatic heterocycles. The van der Waals surface area contributed by atoms with E-state index in [1.54, 1.807) is 18.7 Å². The van der Waals surface area contributed by atoms with Gasteiger partial charge in [0.2, 0.25) is 17.6 Å². The van der Waals surface area contributed by atoms with Gasteiger partial charge in [0.25, 0.3) is 11.5 Å². The summed E-state index contributed by atoms with van der Waals surface area (Å²) in [5.41, 5.74) is -0.294. The summed E-state index contributed by atoms with van der Waals surface area (Å²) in [6.45, 7) is 4.19. The van der Waals surface area contributed by atoms with Gasteiger partial charge in [0, 0.05) is 26.2 Å². The third-order valence-corrected chi connectivity index (χ3v) is 9.05. The van der Waals surface area contributed by atoms with Crippen LogP contribution in [0.15, 0.2) is 35.3 Å². The lowest BCUT2D eigenvalue weighted by Gasteiger charge is -2.36. The number of piperazine rings is 1. The lowest BCUT2D eigenvalue weighted by Crippen LogP contribution is -2.52. The highest BCUT2D eigenvalue weighted by Crippen LogP contribution is 2.34. The molecule has 6 rings (SSSR count). The van der Waals surface area contributed by atoms with Gasteiger partial charge in [-0.3, -0.25) is 19.2 Å². The van der Waals surface area contributed by atoms with Crippen LogP contribution in [0.5, 0.6) is 5.75 Å². The Morgan fingerprint density at radius 2 is 1.87 bits per heavy atom. The fraction of sp³-hybridized carbons (Fsp3) is 0.394. The van der Waals surface area contributed by atoms with Crippen molar-refractivity contribution >= 4 is 52.0 Å². The van der Waals surface area contributed by atoms with Crippen LogP contribution in [-0.4, -0.2) is 103 Å². The van der Waals surface area contributed by atoms with Gasteiger partial charge in [-0.05, 0) is 43.5 Å². The van der Waals surface area contributed by atoms with Gasteiger partial charge in [0.1, 0.15) is 18.1 Å². The van der Waals surface area contributed by atoms with Crippen molar-refractivity contribution in [3.05, 3.63) is 74.4 Å². The van der Waals surface area contributed by atoms with E-state index in [0.717, 1.165) is 34.5 Å². The van der Waals surface area contributed by atoms with Crippen molar-refractivity contribution in [2.24, 2.45) is 0 Å². The van der Waals surface area contributed by atoms with Crippen molar-refractivity contribution in [2.75, 3.05) is 56.2 Å². The maximum Gasteiger partial charge on any atom is 0.416 e. The summed E-state index contributed by atoms with van der Waals surface area (Å²) in [7, 11) is 0. The average molecular weight is 759 g/mol. The Kier molecular flexibility index (Phi) is 10.7. The number of nitrogens with one attached hydrogen (secondary N) is 2. The van der Waals surface area contributed by atoms with Crippen LogP contribution in [0, 0.1) is 6.92 Å². The lowest BCUT2D eigenvalue weighted by atomic mass is 10.1. The number of nitrogens with zero attached hydrogens (tertiary/aromatic N) is 8. The van der Waals surface area contributed by atoms with Gasteiger partial charge in [0.15, 0.2) is 17.3 Å². The van der Waals surface area contributed by atoms with Gasteiger partial charge in [-0.15, -0.1) is 5.10 Å². The number of fused-ring (bicyclic) bond motifs is 1. The number of aromatic hydroxyl groups is 1. The van der Waals surface area contributed by atoms with Gasteiger partial charge in [-0.25, -0.2) is 9.97 Å². The second-order valence-corrected chi connectivity index (χ2v) is 12.6. The van der Waals surface area contributed by atoms with Crippen molar-refractivity contribution in [1.82, 2.24) is 39.3 Å². The van der Waals surface area contributed by atoms with E-state index in [2.05, 4.69) is 30.7 Å². The van der Waals surface area contributed by atoms with Crippen LogP contribution in [0.3, 0.4) is 0 Å². The molecule has 3 N–H and O–H groups in total. The molecule has 1 fully saturated rings. The molecule has 0 saturated carbocycles. The summed E-state index contributed by atoms with van der Waals surface area (Å²) in [5.74, 6) is -1.56. The van der Waals surface area contributed by atoms with E-state index >= 15 is 0 Å². The molecule has 2 aliphatic rings. The molecule has 0 aliphatic carbocycles. The van der Waals surface area contributed by atoms with Gasteiger partial charge < -0.3 is 34.8 Å². The van der Waals surface area contributed by atoms with E-state index in [9.17, 15) is 37.5 Å². The van der Waals surface area contributed by atoms with Gasteiger partial charge >= 0.3 is 6.18 Å². The fourth-order valence-electron chi connectivity index (χ4n) is 6.08. The largest absolute Gasteiger partial charge is 0.504 e. The minimum Gasteiger partial charge on any atom is -0.504 e. The number of amides is 3. The predicted octanol–water partition coefficient (Wildman–Crippen LogP) is 2.45. The SMILES string of the molecule is CCc1c(N2CCN(C(=O)CNC(=O)c3nc(C)ncc3O)CC2)c(=O)n2nc(C3=CCOCC3)nc2n1CC(=O)Nc1ccc(C(F)(F)F)cc1Cl. The maximum atomic E-state index is 14.2. The third-order valence-electron chi connectivity index (χ3n) is 8.74. The van der Waals surface area contributed by atoms with Gasteiger partial charge in [0.05, 0.1) is 47.9 Å². The van der Waals surface area contributed by atoms with Crippen LogP contribution in [0.1, 0.15) is 46.7 Å². The van der Waals surface area contributed by atoms with E-state index in [4.69, 9.17) is 16.3 Å². The number of aryl methyl sites for hydroxylation is 1. The number of benzene rings is 1. The summed E-state index contributed by atoms with van der Waals surface area (Å²) >= 11 is 6.11. The van der Waals surface area contributed by atoms with Crippen molar-refractivity contribution in [1.29, 1.82) is 0 Å². The number of rotatable bonds is 9. The van der Waals surface area contributed by atoms with E-state index in [1.807, 2.05) is 6.08 Å².